The van der Waals surface area contributed by atoms with Crippen LogP contribution in [-0.2, 0) is 19.5 Å². The second-order valence-electron chi connectivity index (χ2n) is 8.86. The van der Waals surface area contributed by atoms with E-state index in [1.165, 1.54) is 80.7 Å². The first-order valence-corrected chi connectivity index (χ1v) is 10.7. The Morgan fingerprint density at radius 1 is 1.04 bits per heavy atom. The second-order valence-corrected chi connectivity index (χ2v) is 8.86. The summed E-state index contributed by atoms with van der Waals surface area (Å²) in [4.78, 5) is 10.4. The Hall–Kier alpha value is -1.39. The van der Waals surface area contributed by atoms with Crippen molar-refractivity contribution in [1.82, 2.24) is 19.4 Å². The van der Waals surface area contributed by atoms with Crippen LogP contribution in [0.15, 0.2) is 18.2 Å². The first kappa shape index (κ1) is 16.8. The van der Waals surface area contributed by atoms with E-state index in [0.717, 1.165) is 31.5 Å². The SMILES string of the molecule is CC1CCCN(Cc2ccc3c(c2)nc2n3CCN(C3CCC3)CC2)C1. The first-order chi connectivity index (χ1) is 12.8. The molecule has 0 N–H and O–H groups in total. The van der Waals surface area contributed by atoms with Crippen LogP contribution in [0.1, 0.15) is 50.4 Å². The average Bonchev–Trinajstić information content (AvgIpc) is 2.80. The zero-order valence-corrected chi connectivity index (χ0v) is 16.2. The van der Waals surface area contributed by atoms with Gasteiger partial charge in [0, 0.05) is 45.2 Å². The van der Waals surface area contributed by atoms with E-state index in [0.29, 0.717) is 0 Å². The number of piperidine rings is 1. The Morgan fingerprint density at radius 3 is 2.77 bits per heavy atom. The van der Waals surface area contributed by atoms with Crippen molar-refractivity contribution in [2.24, 2.45) is 5.92 Å². The monoisotopic (exact) mass is 352 g/mol. The highest BCUT2D eigenvalue weighted by molar-refractivity contribution is 5.77. The van der Waals surface area contributed by atoms with Gasteiger partial charge in [-0.1, -0.05) is 19.4 Å². The molecule has 26 heavy (non-hydrogen) atoms. The van der Waals surface area contributed by atoms with Gasteiger partial charge in [0.15, 0.2) is 0 Å². The van der Waals surface area contributed by atoms with Gasteiger partial charge in [-0.15, -0.1) is 0 Å². The maximum atomic E-state index is 5.04. The number of benzene rings is 1. The van der Waals surface area contributed by atoms with Crippen LogP contribution < -0.4 is 0 Å². The van der Waals surface area contributed by atoms with E-state index in [1.807, 2.05) is 0 Å². The Bertz CT molecular complexity index is 776. The molecule has 1 saturated carbocycles. The summed E-state index contributed by atoms with van der Waals surface area (Å²) in [5.41, 5.74) is 3.97. The molecule has 3 aliphatic rings. The second kappa shape index (κ2) is 6.97. The van der Waals surface area contributed by atoms with E-state index in [1.54, 1.807) is 0 Å². The lowest BCUT2D eigenvalue weighted by atomic mass is 9.91. The molecule has 5 rings (SSSR count). The van der Waals surface area contributed by atoms with E-state index in [9.17, 15) is 0 Å². The maximum absolute atomic E-state index is 5.04. The largest absolute Gasteiger partial charge is 0.327 e. The number of fused-ring (bicyclic) bond motifs is 3. The standard InChI is InChI=1S/C22H32N4/c1-17-4-3-10-24(15-17)16-18-7-8-21-20(14-18)23-22-9-11-25(12-13-26(21)22)19-5-2-6-19/h7-8,14,17,19H,2-6,9-13,15-16H2,1H3. The molecule has 2 aliphatic heterocycles. The topological polar surface area (TPSA) is 24.3 Å². The minimum atomic E-state index is 0.842. The van der Waals surface area contributed by atoms with Gasteiger partial charge >= 0.3 is 0 Å². The van der Waals surface area contributed by atoms with Crippen molar-refractivity contribution in [1.29, 1.82) is 0 Å². The van der Waals surface area contributed by atoms with Crippen LogP contribution in [0.2, 0.25) is 0 Å². The molecule has 0 radical (unpaired) electrons. The highest BCUT2D eigenvalue weighted by atomic mass is 15.2. The molecule has 0 bridgehead atoms. The van der Waals surface area contributed by atoms with E-state index >= 15 is 0 Å². The van der Waals surface area contributed by atoms with Crippen molar-refractivity contribution in [3.8, 4) is 0 Å². The lowest BCUT2D eigenvalue weighted by molar-refractivity contribution is 0.130. The quantitative estimate of drug-likeness (QED) is 0.842. The van der Waals surface area contributed by atoms with E-state index in [2.05, 4.69) is 39.5 Å². The fraction of sp³-hybridized carbons (Fsp3) is 0.682. The van der Waals surface area contributed by atoms with Gasteiger partial charge in [0.05, 0.1) is 11.0 Å². The molecule has 1 aliphatic carbocycles. The Labute approximate surface area is 157 Å². The maximum Gasteiger partial charge on any atom is 0.111 e. The van der Waals surface area contributed by atoms with Crippen LogP contribution in [0, 0.1) is 5.92 Å². The molecule has 0 spiro atoms. The van der Waals surface area contributed by atoms with Gasteiger partial charge in [-0.05, 0) is 55.8 Å². The van der Waals surface area contributed by atoms with Crippen LogP contribution in [0.25, 0.3) is 11.0 Å². The van der Waals surface area contributed by atoms with Gasteiger partial charge in [-0.25, -0.2) is 4.98 Å². The van der Waals surface area contributed by atoms with E-state index < -0.39 is 0 Å². The molecule has 0 amide bonds. The Balaban J connectivity index is 1.33. The Kier molecular flexibility index (Phi) is 4.49. The van der Waals surface area contributed by atoms with Crippen LogP contribution in [0.4, 0.5) is 0 Å². The molecule has 1 aromatic heterocycles. The molecule has 3 heterocycles. The zero-order chi connectivity index (χ0) is 17.5. The first-order valence-electron chi connectivity index (χ1n) is 10.7. The summed E-state index contributed by atoms with van der Waals surface area (Å²) in [5, 5.41) is 0. The van der Waals surface area contributed by atoms with E-state index in [4.69, 9.17) is 4.98 Å². The van der Waals surface area contributed by atoms with Crippen molar-refractivity contribution in [2.75, 3.05) is 26.2 Å². The molecule has 2 aromatic rings. The minimum absolute atomic E-state index is 0.842. The number of likely N-dealkylation sites (tertiary alicyclic amines) is 1. The Morgan fingerprint density at radius 2 is 1.96 bits per heavy atom. The van der Waals surface area contributed by atoms with Gasteiger partial charge < -0.3 is 4.57 Å². The highest BCUT2D eigenvalue weighted by Gasteiger charge is 2.27. The molecule has 4 nitrogen and oxygen atoms in total. The molecule has 1 saturated heterocycles. The summed E-state index contributed by atoms with van der Waals surface area (Å²) in [5.74, 6) is 2.14. The van der Waals surface area contributed by atoms with Crippen molar-refractivity contribution in [3.05, 3.63) is 29.6 Å². The lowest BCUT2D eigenvalue weighted by Crippen LogP contribution is -2.41. The molecular formula is C22H32N4. The van der Waals surface area contributed by atoms with Crippen LogP contribution >= 0.6 is 0 Å². The van der Waals surface area contributed by atoms with Gasteiger partial charge in [-0.3, -0.25) is 9.80 Å². The fourth-order valence-electron chi connectivity index (χ4n) is 5.15. The number of aromatic nitrogens is 2. The van der Waals surface area contributed by atoms with Crippen molar-refractivity contribution < 1.29 is 0 Å². The average molecular weight is 353 g/mol. The van der Waals surface area contributed by atoms with Crippen molar-refractivity contribution >= 4 is 11.0 Å². The molecule has 1 unspecified atom stereocenters. The van der Waals surface area contributed by atoms with Crippen molar-refractivity contribution in [2.45, 2.75) is 64.6 Å². The number of hydrogen-bond donors (Lipinski definition) is 0. The minimum Gasteiger partial charge on any atom is -0.327 e. The smallest absolute Gasteiger partial charge is 0.111 e. The summed E-state index contributed by atoms with van der Waals surface area (Å²) in [6.07, 6.45) is 8.07. The predicted molar refractivity (Wildman–Crippen MR) is 106 cm³/mol. The molecule has 1 atom stereocenters. The third-order valence-electron chi connectivity index (χ3n) is 6.86. The lowest BCUT2D eigenvalue weighted by Gasteiger charge is -2.36. The molecule has 2 fully saturated rings. The predicted octanol–water partition coefficient (Wildman–Crippen LogP) is 3.68. The highest BCUT2D eigenvalue weighted by Crippen LogP contribution is 2.28. The summed E-state index contributed by atoms with van der Waals surface area (Å²) in [6.45, 7) is 9.44. The van der Waals surface area contributed by atoms with E-state index in [-0.39, 0.29) is 0 Å². The van der Waals surface area contributed by atoms with Gasteiger partial charge in [-0.2, -0.15) is 0 Å². The number of imidazole rings is 1. The number of nitrogens with zero attached hydrogens (tertiary/aromatic N) is 4. The number of rotatable bonds is 3. The third-order valence-corrected chi connectivity index (χ3v) is 6.86. The molecular weight excluding hydrogens is 320 g/mol. The van der Waals surface area contributed by atoms with Crippen molar-refractivity contribution in [3.63, 3.8) is 0 Å². The van der Waals surface area contributed by atoms with Gasteiger partial charge in [0.25, 0.3) is 0 Å². The van der Waals surface area contributed by atoms with Crippen LogP contribution in [0.3, 0.4) is 0 Å². The van der Waals surface area contributed by atoms with Gasteiger partial charge in [0.2, 0.25) is 0 Å². The summed E-state index contributed by atoms with van der Waals surface area (Å²) in [6, 6.07) is 7.86. The van der Waals surface area contributed by atoms with Crippen LogP contribution in [-0.4, -0.2) is 51.6 Å². The molecule has 4 heteroatoms. The summed E-state index contributed by atoms with van der Waals surface area (Å²) >= 11 is 0. The summed E-state index contributed by atoms with van der Waals surface area (Å²) < 4.78 is 2.49. The molecule has 140 valence electrons. The molecule has 1 aromatic carbocycles. The number of hydrogen-bond acceptors (Lipinski definition) is 3. The van der Waals surface area contributed by atoms with Gasteiger partial charge in [0.1, 0.15) is 5.82 Å². The van der Waals surface area contributed by atoms with Crippen LogP contribution in [0.5, 0.6) is 0 Å². The fourth-order valence-corrected chi connectivity index (χ4v) is 5.15. The normalized spacial score (nSPS) is 25.8. The zero-order valence-electron chi connectivity index (χ0n) is 16.2. The third kappa shape index (κ3) is 3.18. The summed E-state index contributed by atoms with van der Waals surface area (Å²) in [7, 11) is 0.